The van der Waals surface area contributed by atoms with Gasteiger partial charge in [0, 0.05) is 25.0 Å². The molecule has 3 aromatic heterocycles. The number of ether oxygens (including phenoxy) is 1. The number of nitrogens with one attached hydrogen (secondary N) is 1. The van der Waals surface area contributed by atoms with Gasteiger partial charge in [0.1, 0.15) is 28.8 Å². The first-order valence-corrected chi connectivity index (χ1v) is 11.1. The summed E-state index contributed by atoms with van der Waals surface area (Å²) in [5.41, 5.74) is 3.47. The molecule has 1 N–H and O–H groups in total. The Morgan fingerprint density at radius 1 is 1.24 bits per heavy atom. The highest BCUT2D eigenvalue weighted by molar-refractivity contribution is 6.01. The topological polar surface area (TPSA) is 97.3 Å². The average molecular weight is 456 g/mol. The molecule has 1 aliphatic rings. The first-order chi connectivity index (χ1) is 16.4. The van der Waals surface area contributed by atoms with E-state index in [4.69, 9.17) is 4.74 Å². The molecule has 172 valence electrons. The van der Waals surface area contributed by atoms with E-state index in [0.29, 0.717) is 41.5 Å². The molecule has 8 heteroatoms. The number of hydrogen-bond acceptors (Lipinski definition) is 6. The van der Waals surface area contributed by atoms with Crippen molar-refractivity contribution in [2.75, 3.05) is 16.8 Å². The Morgan fingerprint density at radius 3 is 2.85 bits per heavy atom. The molecule has 0 fully saturated rings. The Hall–Kier alpha value is -4.25. The summed E-state index contributed by atoms with van der Waals surface area (Å²) < 4.78 is 5.94. The largest absolute Gasteiger partial charge is 0.490 e. The lowest BCUT2D eigenvalue weighted by molar-refractivity contribution is 0.111. The standard InChI is InChI=1S/C26H25N5O3/c1-17(2)34-23-14-24(28-15-20(23)9-11-22-18(3)6-4-12-27-22)30-26(33)31-13-5-7-19-8-10-21(16-32)29-25(19)31/h4,6,8,10,12,14-17H,5,7,13H2,1-3H3,(H,28,30,33). The zero-order valence-electron chi connectivity index (χ0n) is 19.3. The van der Waals surface area contributed by atoms with Crippen LogP contribution in [0.1, 0.15) is 53.1 Å². The van der Waals surface area contributed by atoms with Gasteiger partial charge in [0.05, 0.1) is 11.7 Å². The molecule has 0 saturated heterocycles. The van der Waals surface area contributed by atoms with Gasteiger partial charge in [0.25, 0.3) is 0 Å². The highest BCUT2D eigenvalue weighted by Gasteiger charge is 2.25. The molecule has 34 heavy (non-hydrogen) atoms. The van der Waals surface area contributed by atoms with Crippen LogP contribution in [0.4, 0.5) is 16.4 Å². The number of aldehydes is 1. The third-order valence-corrected chi connectivity index (χ3v) is 5.22. The number of urea groups is 1. The Balaban J connectivity index is 1.59. The summed E-state index contributed by atoms with van der Waals surface area (Å²) in [5.74, 6) is 7.49. The van der Waals surface area contributed by atoms with Gasteiger partial charge in [0.2, 0.25) is 0 Å². The van der Waals surface area contributed by atoms with Crippen LogP contribution >= 0.6 is 0 Å². The molecule has 0 atom stereocenters. The lowest BCUT2D eigenvalue weighted by Crippen LogP contribution is -2.39. The van der Waals surface area contributed by atoms with Gasteiger partial charge in [-0.2, -0.15) is 0 Å². The first-order valence-electron chi connectivity index (χ1n) is 11.1. The zero-order valence-corrected chi connectivity index (χ0v) is 19.3. The van der Waals surface area contributed by atoms with Crippen LogP contribution in [0.15, 0.2) is 42.7 Å². The van der Waals surface area contributed by atoms with Crippen LogP contribution in [-0.4, -0.2) is 39.9 Å². The highest BCUT2D eigenvalue weighted by atomic mass is 16.5. The van der Waals surface area contributed by atoms with Crippen molar-refractivity contribution in [3.63, 3.8) is 0 Å². The maximum Gasteiger partial charge on any atom is 0.328 e. The normalized spacial score (nSPS) is 12.4. The molecule has 0 aromatic carbocycles. The van der Waals surface area contributed by atoms with Gasteiger partial charge in [-0.3, -0.25) is 15.0 Å². The van der Waals surface area contributed by atoms with Crippen molar-refractivity contribution in [1.82, 2.24) is 15.0 Å². The molecule has 0 radical (unpaired) electrons. The number of amides is 2. The number of pyridine rings is 3. The number of carbonyl (C=O) groups is 2. The smallest absolute Gasteiger partial charge is 0.328 e. The lowest BCUT2D eigenvalue weighted by Gasteiger charge is -2.28. The van der Waals surface area contributed by atoms with Gasteiger partial charge in [0.15, 0.2) is 6.29 Å². The van der Waals surface area contributed by atoms with Gasteiger partial charge in [-0.1, -0.05) is 18.1 Å². The molecule has 3 aromatic rings. The molecule has 1 aliphatic heterocycles. The van der Waals surface area contributed by atoms with Crippen molar-refractivity contribution in [2.45, 2.75) is 39.7 Å². The Labute approximate surface area is 198 Å². The van der Waals surface area contributed by atoms with E-state index in [9.17, 15) is 9.59 Å². The van der Waals surface area contributed by atoms with Gasteiger partial charge in [-0.25, -0.2) is 19.7 Å². The summed E-state index contributed by atoms with van der Waals surface area (Å²) >= 11 is 0. The Morgan fingerprint density at radius 2 is 2.09 bits per heavy atom. The number of rotatable bonds is 4. The summed E-state index contributed by atoms with van der Waals surface area (Å²) in [4.78, 5) is 38.8. The van der Waals surface area contributed by atoms with Crippen molar-refractivity contribution in [2.24, 2.45) is 0 Å². The third kappa shape index (κ3) is 5.21. The molecule has 0 spiro atoms. The Bertz CT molecular complexity index is 1290. The fourth-order valence-corrected chi connectivity index (χ4v) is 3.59. The molecular formula is C26H25N5O3. The summed E-state index contributed by atoms with van der Waals surface area (Å²) in [6, 6.07) is 8.61. The Kier molecular flexibility index (Phi) is 6.83. The maximum absolute atomic E-state index is 13.1. The van der Waals surface area contributed by atoms with Gasteiger partial charge in [-0.15, -0.1) is 0 Å². The van der Waals surface area contributed by atoms with Crippen molar-refractivity contribution in [1.29, 1.82) is 0 Å². The van der Waals surface area contributed by atoms with E-state index in [1.54, 1.807) is 24.5 Å². The number of fused-ring (bicyclic) bond motifs is 1. The van der Waals surface area contributed by atoms with E-state index < -0.39 is 0 Å². The van der Waals surface area contributed by atoms with Gasteiger partial charge >= 0.3 is 6.03 Å². The summed E-state index contributed by atoms with van der Waals surface area (Å²) in [6.07, 6.45) is 5.46. The van der Waals surface area contributed by atoms with E-state index in [-0.39, 0.29) is 17.8 Å². The molecule has 4 rings (SSSR count). The van der Waals surface area contributed by atoms with Crippen LogP contribution in [0.5, 0.6) is 5.75 Å². The second-order valence-corrected chi connectivity index (χ2v) is 8.17. The summed E-state index contributed by atoms with van der Waals surface area (Å²) in [7, 11) is 0. The number of hydrogen-bond donors (Lipinski definition) is 1. The van der Waals surface area contributed by atoms with Crippen LogP contribution in [0.3, 0.4) is 0 Å². The van der Waals surface area contributed by atoms with E-state index in [1.807, 2.05) is 39.0 Å². The monoisotopic (exact) mass is 455 g/mol. The molecule has 0 saturated carbocycles. The predicted molar refractivity (Wildman–Crippen MR) is 129 cm³/mol. The number of aromatic nitrogens is 3. The number of aryl methyl sites for hydroxylation is 2. The van der Waals surface area contributed by atoms with Crippen LogP contribution in [0, 0.1) is 18.8 Å². The van der Waals surface area contributed by atoms with Gasteiger partial charge < -0.3 is 4.74 Å². The molecule has 0 aliphatic carbocycles. The van der Waals surface area contributed by atoms with Gasteiger partial charge in [-0.05, 0) is 62.8 Å². The minimum atomic E-state index is -0.373. The number of anilines is 2. The predicted octanol–water partition coefficient (Wildman–Crippen LogP) is 4.16. The summed E-state index contributed by atoms with van der Waals surface area (Å²) in [6.45, 7) is 6.28. The van der Waals surface area contributed by atoms with Crippen molar-refractivity contribution in [3.8, 4) is 17.6 Å². The zero-order chi connectivity index (χ0) is 24.1. The number of carbonyl (C=O) groups excluding carboxylic acids is 2. The van der Waals surface area contributed by atoms with Crippen LogP contribution in [-0.2, 0) is 6.42 Å². The quantitative estimate of drug-likeness (QED) is 0.469. The first kappa shape index (κ1) is 22.9. The average Bonchev–Trinajstić information content (AvgIpc) is 2.83. The van der Waals surface area contributed by atoms with Crippen molar-refractivity contribution in [3.05, 3.63) is 70.8 Å². The number of nitrogens with zero attached hydrogens (tertiary/aromatic N) is 4. The van der Waals surface area contributed by atoms with E-state index in [0.717, 1.165) is 24.0 Å². The lowest BCUT2D eigenvalue weighted by atomic mass is 10.1. The minimum Gasteiger partial charge on any atom is -0.490 e. The fourth-order valence-electron chi connectivity index (χ4n) is 3.59. The summed E-state index contributed by atoms with van der Waals surface area (Å²) in [5, 5.41) is 2.82. The highest BCUT2D eigenvalue weighted by Crippen LogP contribution is 2.27. The molecule has 0 bridgehead atoms. The second-order valence-electron chi connectivity index (χ2n) is 8.17. The van der Waals surface area contributed by atoms with Crippen molar-refractivity contribution >= 4 is 24.0 Å². The van der Waals surface area contributed by atoms with Crippen LogP contribution in [0.25, 0.3) is 0 Å². The van der Waals surface area contributed by atoms with Crippen LogP contribution in [0.2, 0.25) is 0 Å². The van der Waals surface area contributed by atoms with E-state index >= 15 is 0 Å². The maximum atomic E-state index is 13.1. The fraction of sp³-hybridized carbons (Fsp3) is 0.269. The SMILES string of the molecule is Cc1cccnc1C#Cc1cnc(NC(=O)N2CCCc3ccc(C=O)nc32)cc1OC(C)C. The third-order valence-electron chi connectivity index (χ3n) is 5.22. The second kappa shape index (κ2) is 10.1. The minimum absolute atomic E-state index is 0.0944. The van der Waals surface area contributed by atoms with Crippen molar-refractivity contribution < 1.29 is 14.3 Å². The van der Waals surface area contributed by atoms with E-state index in [2.05, 4.69) is 32.1 Å². The van der Waals surface area contributed by atoms with E-state index in [1.165, 1.54) is 4.90 Å². The molecule has 4 heterocycles. The van der Waals surface area contributed by atoms with Crippen LogP contribution < -0.4 is 15.0 Å². The molecule has 8 nitrogen and oxygen atoms in total. The molecule has 0 unspecified atom stereocenters. The molecular weight excluding hydrogens is 430 g/mol. The molecule has 2 amide bonds.